The summed E-state index contributed by atoms with van der Waals surface area (Å²) in [5.74, 6) is 6.66. The molecule has 0 saturated carbocycles. The third-order valence-corrected chi connectivity index (χ3v) is 7.09. The van der Waals surface area contributed by atoms with Crippen LogP contribution in [-0.2, 0) is 11.8 Å². The van der Waals surface area contributed by atoms with Crippen LogP contribution in [0.1, 0.15) is 31.0 Å². The summed E-state index contributed by atoms with van der Waals surface area (Å²) in [6.45, 7) is 4.27. The standard InChI is InChI=1S/C23H25ClN6O2/c1-14-19(25)23(13-32-14)9-11-30(12-10-23)22-26-20-18(21(31)29(22)2)17(27-28-20)8-5-15-3-6-16(24)7-4-15/h3-4,6-7,14,19H,9-13,25H2,1-2H3,(H,27,28)/t14-,19+/m0/s1. The number of rotatable bonds is 1. The number of hydrogen-bond donors (Lipinski definition) is 2. The van der Waals surface area contributed by atoms with Gasteiger partial charge in [0.1, 0.15) is 11.1 Å². The summed E-state index contributed by atoms with van der Waals surface area (Å²) in [6, 6.07) is 7.24. The number of fused-ring (bicyclic) bond motifs is 1. The molecule has 9 heteroatoms. The summed E-state index contributed by atoms with van der Waals surface area (Å²) >= 11 is 5.92. The van der Waals surface area contributed by atoms with Crippen LogP contribution in [0.25, 0.3) is 11.0 Å². The first-order chi connectivity index (χ1) is 15.4. The van der Waals surface area contributed by atoms with Gasteiger partial charge in [-0.3, -0.25) is 14.5 Å². The second-order valence-electron chi connectivity index (χ2n) is 8.72. The quantitative estimate of drug-likeness (QED) is 0.548. The zero-order valence-corrected chi connectivity index (χ0v) is 18.8. The number of benzene rings is 1. The number of hydrogen-bond acceptors (Lipinski definition) is 6. The SMILES string of the molecule is C[C@@H]1OCC2(CCN(c3nc4n[nH]c(C#Cc5ccc(Cl)cc5)c4c(=O)n3C)CC2)[C@@H]1N. The lowest BCUT2D eigenvalue weighted by molar-refractivity contribution is 0.0973. The van der Waals surface area contributed by atoms with Gasteiger partial charge in [-0.1, -0.05) is 17.5 Å². The maximum Gasteiger partial charge on any atom is 0.267 e. The van der Waals surface area contributed by atoms with Gasteiger partial charge < -0.3 is 15.4 Å². The fourth-order valence-electron chi connectivity index (χ4n) is 4.71. The van der Waals surface area contributed by atoms with E-state index in [1.807, 2.05) is 19.1 Å². The maximum absolute atomic E-state index is 13.2. The van der Waals surface area contributed by atoms with E-state index in [0.717, 1.165) is 31.5 Å². The fourth-order valence-corrected chi connectivity index (χ4v) is 4.84. The molecule has 0 amide bonds. The molecule has 1 aromatic carbocycles. The monoisotopic (exact) mass is 452 g/mol. The second kappa shape index (κ2) is 7.93. The van der Waals surface area contributed by atoms with E-state index in [1.165, 1.54) is 0 Å². The third-order valence-electron chi connectivity index (χ3n) is 6.84. The molecule has 2 saturated heterocycles. The highest BCUT2D eigenvalue weighted by Gasteiger charge is 2.47. The van der Waals surface area contributed by atoms with E-state index in [0.29, 0.717) is 34.3 Å². The number of ether oxygens (including phenoxy) is 1. The zero-order valence-electron chi connectivity index (χ0n) is 18.1. The number of halogens is 1. The first kappa shape index (κ1) is 21.0. The summed E-state index contributed by atoms with van der Waals surface area (Å²) in [5, 5.41) is 8.16. The predicted octanol–water partition coefficient (Wildman–Crippen LogP) is 2.04. The van der Waals surface area contributed by atoms with E-state index in [-0.39, 0.29) is 23.1 Å². The molecule has 2 aliphatic rings. The number of aromatic nitrogens is 4. The van der Waals surface area contributed by atoms with Gasteiger partial charge in [0.25, 0.3) is 5.56 Å². The van der Waals surface area contributed by atoms with E-state index < -0.39 is 0 Å². The molecule has 4 heterocycles. The van der Waals surface area contributed by atoms with Gasteiger partial charge in [0.05, 0.1) is 12.7 Å². The van der Waals surface area contributed by atoms with Crippen LogP contribution in [0, 0.1) is 17.3 Å². The van der Waals surface area contributed by atoms with E-state index in [2.05, 4.69) is 26.9 Å². The second-order valence-corrected chi connectivity index (χ2v) is 9.16. The van der Waals surface area contributed by atoms with Crippen LogP contribution < -0.4 is 16.2 Å². The van der Waals surface area contributed by atoms with Gasteiger partial charge in [-0.25, -0.2) is 0 Å². The predicted molar refractivity (Wildman–Crippen MR) is 124 cm³/mol. The van der Waals surface area contributed by atoms with E-state index in [9.17, 15) is 4.79 Å². The minimum atomic E-state index is -0.172. The van der Waals surface area contributed by atoms with Gasteiger partial charge in [-0.05, 0) is 50.0 Å². The van der Waals surface area contributed by atoms with Crippen molar-refractivity contribution in [3.8, 4) is 11.8 Å². The lowest BCUT2D eigenvalue weighted by atomic mass is 9.73. The molecule has 0 aliphatic carbocycles. The number of nitrogens with zero attached hydrogens (tertiary/aromatic N) is 4. The highest BCUT2D eigenvalue weighted by atomic mass is 35.5. The van der Waals surface area contributed by atoms with Crippen LogP contribution in [0.15, 0.2) is 29.1 Å². The molecule has 1 spiro atoms. The summed E-state index contributed by atoms with van der Waals surface area (Å²) in [5.41, 5.74) is 7.89. The number of anilines is 1. The average molecular weight is 453 g/mol. The largest absolute Gasteiger partial charge is 0.376 e. The van der Waals surface area contributed by atoms with Crippen molar-refractivity contribution < 1.29 is 4.74 Å². The Labute approximate surface area is 190 Å². The van der Waals surface area contributed by atoms with Crippen LogP contribution in [-0.4, -0.2) is 51.6 Å². The van der Waals surface area contributed by atoms with Crippen molar-refractivity contribution in [3.63, 3.8) is 0 Å². The zero-order chi connectivity index (χ0) is 22.5. The topological polar surface area (TPSA) is 102 Å². The molecule has 2 aromatic heterocycles. The van der Waals surface area contributed by atoms with E-state index >= 15 is 0 Å². The molecule has 2 atom stereocenters. The first-order valence-electron chi connectivity index (χ1n) is 10.7. The molecule has 32 heavy (non-hydrogen) atoms. The minimum Gasteiger partial charge on any atom is -0.376 e. The van der Waals surface area contributed by atoms with Gasteiger partial charge in [0, 0.05) is 42.2 Å². The molecule has 2 aliphatic heterocycles. The van der Waals surface area contributed by atoms with Gasteiger partial charge in [-0.15, -0.1) is 0 Å². The Morgan fingerprint density at radius 1 is 1.25 bits per heavy atom. The van der Waals surface area contributed by atoms with Crippen molar-refractivity contribution in [1.29, 1.82) is 0 Å². The average Bonchev–Trinajstić information content (AvgIpc) is 3.33. The molecule has 166 valence electrons. The Morgan fingerprint density at radius 3 is 2.62 bits per heavy atom. The molecule has 3 N–H and O–H groups in total. The first-order valence-corrected chi connectivity index (χ1v) is 11.1. The van der Waals surface area contributed by atoms with Gasteiger partial charge in [0.15, 0.2) is 5.65 Å². The molecule has 0 radical (unpaired) electrons. The van der Waals surface area contributed by atoms with E-state index in [4.69, 9.17) is 27.1 Å². The van der Waals surface area contributed by atoms with E-state index in [1.54, 1.807) is 23.7 Å². The Balaban J connectivity index is 1.43. The fraction of sp³-hybridized carbons (Fsp3) is 0.435. The number of piperidine rings is 1. The van der Waals surface area contributed by atoms with Crippen molar-refractivity contribution >= 4 is 28.6 Å². The molecule has 2 fully saturated rings. The smallest absolute Gasteiger partial charge is 0.267 e. The molecular formula is C23H25ClN6O2. The van der Waals surface area contributed by atoms with Crippen molar-refractivity contribution in [1.82, 2.24) is 19.7 Å². The highest BCUT2D eigenvalue weighted by molar-refractivity contribution is 6.30. The van der Waals surface area contributed by atoms with Crippen molar-refractivity contribution in [3.05, 3.63) is 50.9 Å². The van der Waals surface area contributed by atoms with Crippen LogP contribution in [0.3, 0.4) is 0 Å². The Bertz CT molecular complexity index is 1280. The molecule has 5 rings (SSSR count). The van der Waals surface area contributed by atoms with Crippen LogP contribution in [0.4, 0.5) is 5.95 Å². The van der Waals surface area contributed by atoms with Crippen LogP contribution in [0.5, 0.6) is 0 Å². The van der Waals surface area contributed by atoms with Crippen molar-refractivity contribution in [2.45, 2.75) is 31.9 Å². The van der Waals surface area contributed by atoms with Gasteiger partial charge in [-0.2, -0.15) is 10.1 Å². The summed E-state index contributed by atoms with van der Waals surface area (Å²) in [6.07, 6.45) is 1.90. The van der Waals surface area contributed by atoms with Gasteiger partial charge >= 0.3 is 0 Å². The number of aromatic amines is 1. The summed E-state index contributed by atoms with van der Waals surface area (Å²) < 4.78 is 7.40. The molecule has 0 unspecified atom stereocenters. The summed E-state index contributed by atoms with van der Waals surface area (Å²) in [4.78, 5) is 20.0. The highest BCUT2D eigenvalue weighted by Crippen LogP contribution is 2.41. The summed E-state index contributed by atoms with van der Waals surface area (Å²) in [7, 11) is 1.74. The normalized spacial score (nSPS) is 22.3. The van der Waals surface area contributed by atoms with Crippen molar-refractivity contribution in [2.24, 2.45) is 18.2 Å². The lowest BCUT2D eigenvalue weighted by Gasteiger charge is -2.41. The Kier molecular flexibility index (Phi) is 5.20. The van der Waals surface area contributed by atoms with Crippen LogP contribution in [0.2, 0.25) is 5.02 Å². The molecular weight excluding hydrogens is 428 g/mol. The van der Waals surface area contributed by atoms with Crippen LogP contribution >= 0.6 is 11.6 Å². The molecule has 3 aromatic rings. The van der Waals surface area contributed by atoms with Crippen molar-refractivity contribution in [2.75, 3.05) is 24.6 Å². The lowest BCUT2D eigenvalue weighted by Crippen LogP contribution is -2.51. The number of nitrogens with two attached hydrogens (primary N) is 1. The molecule has 0 bridgehead atoms. The molecule has 8 nitrogen and oxygen atoms in total. The third kappa shape index (κ3) is 3.47. The Morgan fingerprint density at radius 2 is 1.97 bits per heavy atom. The number of nitrogens with one attached hydrogen (secondary N) is 1. The van der Waals surface area contributed by atoms with Gasteiger partial charge in [0.2, 0.25) is 5.95 Å². The maximum atomic E-state index is 13.2. The Hall–Kier alpha value is -2.86. The number of H-pyrrole nitrogens is 1. The minimum absolute atomic E-state index is 0.00957.